The number of nitrogens with zero attached hydrogens (tertiary/aromatic N) is 3. The zero-order valence-corrected chi connectivity index (χ0v) is 13.5. The Kier molecular flexibility index (Phi) is 6.19. The van der Waals surface area contributed by atoms with E-state index in [4.69, 9.17) is 5.11 Å². The molecule has 7 heteroatoms. The van der Waals surface area contributed by atoms with Gasteiger partial charge in [0.2, 0.25) is 0 Å². The van der Waals surface area contributed by atoms with Crippen LogP contribution in [-0.2, 0) is 17.8 Å². The number of carboxylic acids is 1. The quantitative estimate of drug-likeness (QED) is 0.744. The molecule has 0 spiro atoms. The lowest BCUT2D eigenvalue weighted by Crippen LogP contribution is -2.24. The molecule has 5 nitrogen and oxygen atoms in total. The van der Waals surface area contributed by atoms with Crippen molar-refractivity contribution in [1.82, 2.24) is 14.8 Å². The van der Waals surface area contributed by atoms with Gasteiger partial charge in [0.25, 0.3) is 0 Å². The lowest BCUT2D eigenvalue weighted by Gasteiger charge is -2.24. The molecule has 0 aliphatic heterocycles. The van der Waals surface area contributed by atoms with Crippen LogP contribution in [0.2, 0.25) is 0 Å². The van der Waals surface area contributed by atoms with Crippen molar-refractivity contribution >= 4 is 29.5 Å². The van der Waals surface area contributed by atoms with Crippen LogP contribution in [0.25, 0.3) is 0 Å². The fourth-order valence-corrected chi connectivity index (χ4v) is 2.50. The number of thioether (sulfide) groups is 2. The van der Waals surface area contributed by atoms with Crippen LogP contribution >= 0.6 is 23.5 Å². The Labute approximate surface area is 122 Å². The normalized spacial score (nSPS) is 11.8. The Morgan fingerprint density at radius 3 is 2.63 bits per heavy atom. The largest absolute Gasteiger partial charge is 0.481 e. The third-order valence-electron chi connectivity index (χ3n) is 2.68. The Morgan fingerprint density at radius 2 is 2.11 bits per heavy atom. The molecule has 0 aliphatic rings. The van der Waals surface area contributed by atoms with Crippen LogP contribution in [0, 0.1) is 0 Å². The minimum Gasteiger partial charge on any atom is -0.481 e. The Balaban J connectivity index is 2.94. The summed E-state index contributed by atoms with van der Waals surface area (Å²) in [6.45, 7) is 7.22. The molecular formula is C12H21N3O2S2. The lowest BCUT2D eigenvalue weighted by molar-refractivity contribution is -0.133. The maximum atomic E-state index is 10.7. The highest BCUT2D eigenvalue weighted by atomic mass is 32.2. The molecule has 0 saturated heterocycles. The van der Waals surface area contributed by atoms with Gasteiger partial charge in [-0.25, -0.2) is 0 Å². The van der Waals surface area contributed by atoms with Crippen molar-refractivity contribution in [2.45, 2.75) is 50.1 Å². The van der Waals surface area contributed by atoms with Gasteiger partial charge in [-0.05, 0) is 26.5 Å². The van der Waals surface area contributed by atoms with Gasteiger partial charge in [-0.1, -0.05) is 18.7 Å². The monoisotopic (exact) mass is 303 g/mol. The number of carboxylic acid groups (broad SMARTS) is 1. The second-order valence-electron chi connectivity index (χ2n) is 4.88. The van der Waals surface area contributed by atoms with Crippen molar-refractivity contribution in [3.8, 4) is 0 Å². The average Bonchev–Trinajstić information content (AvgIpc) is 2.69. The van der Waals surface area contributed by atoms with Gasteiger partial charge in [0.15, 0.2) is 5.16 Å². The molecule has 19 heavy (non-hydrogen) atoms. The zero-order chi connectivity index (χ0) is 14.5. The van der Waals surface area contributed by atoms with Gasteiger partial charge in [0.1, 0.15) is 5.82 Å². The summed E-state index contributed by atoms with van der Waals surface area (Å²) < 4.78 is 2.14. The highest BCUT2D eigenvalue weighted by molar-refractivity contribution is 8.00. The van der Waals surface area contributed by atoms with Crippen molar-refractivity contribution in [1.29, 1.82) is 0 Å². The number of aromatic nitrogens is 3. The SMILES string of the molecule is CCCc1nnc(SCC(=O)O)n1CC(C)(C)SC. The zero-order valence-electron chi connectivity index (χ0n) is 11.8. The van der Waals surface area contributed by atoms with Gasteiger partial charge in [0, 0.05) is 17.7 Å². The maximum Gasteiger partial charge on any atom is 0.313 e. The molecule has 0 aromatic carbocycles. The van der Waals surface area contributed by atoms with Crippen molar-refractivity contribution in [2.24, 2.45) is 0 Å². The van der Waals surface area contributed by atoms with Gasteiger partial charge < -0.3 is 9.67 Å². The Hall–Kier alpha value is -0.690. The van der Waals surface area contributed by atoms with Crippen LogP contribution in [0.3, 0.4) is 0 Å². The summed E-state index contributed by atoms with van der Waals surface area (Å²) in [6.07, 6.45) is 3.94. The van der Waals surface area contributed by atoms with Crippen LogP contribution in [0.4, 0.5) is 0 Å². The third-order valence-corrected chi connectivity index (χ3v) is 4.87. The number of hydrogen-bond acceptors (Lipinski definition) is 5. The highest BCUT2D eigenvalue weighted by Gasteiger charge is 2.22. The molecule has 1 aromatic rings. The highest BCUT2D eigenvalue weighted by Crippen LogP contribution is 2.27. The number of rotatable bonds is 8. The molecule has 0 aliphatic carbocycles. The predicted molar refractivity (Wildman–Crippen MR) is 80.0 cm³/mol. The van der Waals surface area contributed by atoms with Gasteiger partial charge in [-0.15, -0.1) is 10.2 Å². The Morgan fingerprint density at radius 1 is 1.42 bits per heavy atom. The van der Waals surface area contributed by atoms with Crippen LogP contribution in [-0.4, -0.2) is 42.6 Å². The molecule has 0 bridgehead atoms. The van der Waals surface area contributed by atoms with E-state index in [1.807, 2.05) is 0 Å². The van der Waals surface area contributed by atoms with Crippen LogP contribution < -0.4 is 0 Å². The molecule has 0 radical (unpaired) electrons. The topological polar surface area (TPSA) is 68.0 Å². The first kappa shape index (κ1) is 16.4. The summed E-state index contributed by atoms with van der Waals surface area (Å²) in [5.74, 6) is 0.127. The lowest BCUT2D eigenvalue weighted by atomic mass is 10.2. The van der Waals surface area contributed by atoms with Gasteiger partial charge in [0.05, 0.1) is 5.75 Å². The molecule has 0 saturated carbocycles. The van der Waals surface area contributed by atoms with Crippen molar-refractivity contribution in [2.75, 3.05) is 12.0 Å². The molecule has 1 rings (SSSR count). The van der Waals surface area contributed by atoms with Crippen molar-refractivity contribution in [3.63, 3.8) is 0 Å². The van der Waals surface area contributed by atoms with Gasteiger partial charge in [-0.3, -0.25) is 4.79 Å². The van der Waals surface area contributed by atoms with E-state index < -0.39 is 5.97 Å². The van der Waals surface area contributed by atoms with Crippen molar-refractivity contribution < 1.29 is 9.90 Å². The summed E-state index contributed by atoms with van der Waals surface area (Å²) in [7, 11) is 0. The second kappa shape index (κ2) is 7.19. The molecular weight excluding hydrogens is 282 g/mol. The summed E-state index contributed by atoms with van der Waals surface area (Å²) in [5, 5.41) is 17.8. The number of aliphatic carboxylic acids is 1. The molecule has 1 heterocycles. The first-order valence-electron chi connectivity index (χ1n) is 6.21. The number of aryl methyl sites for hydroxylation is 1. The van der Waals surface area contributed by atoms with E-state index in [1.54, 1.807) is 11.8 Å². The molecule has 1 aromatic heterocycles. The maximum absolute atomic E-state index is 10.7. The van der Waals surface area contributed by atoms with E-state index in [0.29, 0.717) is 5.16 Å². The smallest absolute Gasteiger partial charge is 0.313 e. The minimum atomic E-state index is -0.833. The van der Waals surface area contributed by atoms with E-state index in [9.17, 15) is 4.79 Å². The first-order valence-corrected chi connectivity index (χ1v) is 8.42. The van der Waals surface area contributed by atoms with Crippen LogP contribution in [0.5, 0.6) is 0 Å². The van der Waals surface area contributed by atoms with E-state index >= 15 is 0 Å². The molecule has 0 unspecified atom stereocenters. The summed E-state index contributed by atoms with van der Waals surface area (Å²) in [4.78, 5) is 10.7. The van der Waals surface area contributed by atoms with E-state index in [2.05, 4.69) is 41.8 Å². The van der Waals surface area contributed by atoms with Crippen molar-refractivity contribution in [3.05, 3.63) is 5.82 Å². The number of carbonyl (C=O) groups is 1. The van der Waals surface area contributed by atoms with E-state index in [0.717, 1.165) is 25.2 Å². The summed E-state index contributed by atoms with van der Waals surface area (Å²) in [6, 6.07) is 0. The minimum absolute atomic E-state index is 0.0178. The molecule has 0 atom stereocenters. The average molecular weight is 303 g/mol. The van der Waals surface area contributed by atoms with E-state index in [1.165, 1.54) is 11.8 Å². The van der Waals surface area contributed by atoms with E-state index in [-0.39, 0.29) is 10.5 Å². The standard InChI is InChI=1S/C12H21N3O2S2/c1-5-6-9-13-14-11(19-7-10(16)17)15(9)8-12(2,3)18-4/h5-8H2,1-4H3,(H,16,17). The fraction of sp³-hybridized carbons (Fsp3) is 0.750. The Bertz CT molecular complexity index is 433. The predicted octanol–water partition coefficient (Wildman–Crippen LogP) is 2.55. The second-order valence-corrected chi connectivity index (χ2v) is 7.34. The summed E-state index contributed by atoms with van der Waals surface area (Å²) in [5.41, 5.74) is 0. The van der Waals surface area contributed by atoms with Gasteiger partial charge >= 0.3 is 5.97 Å². The molecule has 0 fully saturated rings. The first-order chi connectivity index (χ1) is 8.89. The third kappa shape index (κ3) is 5.06. The van der Waals surface area contributed by atoms with Gasteiger partial charge in [-0.2, -0.15) is 11.8 Å². The van der Waals surface area contributed by atoms with Crippen LogP contribution in [0.15, 0.2) is 5.16 Å². The fourth-order valence-electron chi connectivity index (χ4n) is 1.56. The van der Waals surface area contributed by atoms with Crippen LogP contribution in [0.1, 0.15) is 33.0 Å². The number of hydrogen-bond donors (Lipinski definition) is 1. The molecule has 0 amide bonds. The molecule has 1 N–H and O–H groups in total. The molecule has 108 valence electrons. The summed E-state index contributed by atoms with van der Waals surface area (Å²) >= 11 is 3.02.